The number of carbonyl (C=O) groups excluding carboxylic acids is 2. The van der Waals surface area contributed by atoms with Gasteiger partial charge in [-0.05, 0) is 87.5 Å². The van der Waals surface area contributed by atoms with Gasteiger partial charge in [0.1, 0.15) is 5.54 Å². The summed E-state index contributed by atoms with van der Waals surface area (Å²) < 4.78 is 12.6. The molecule has 2 saturated heterocycles. The van der Waals surface area contributed by atoms with Crippen molar-refractivity contribution in [1.82, 2.24) is 10.2 Å². The summed E-state index contributed by atoms with van der Waals surface area (Å²) in [6.07, 6.45) is 3.98. The molecule has 1 spiro atoms. The van der Waals surface area contributed by atoms with Gasteiger partial charge in [0.2, 0.25) is 0 Å². The maximum Gasteiger partial charge on any atom is 0.494 e. The van der Waals surface area contributed by atoms with Gasteiger partial charge in [0.15, 0.2) is 0 Å². The zero-order valence-corrected chi connectivity index (χ0v) is 20.7. The van der Waals surface area contributed by atoms with Gasteiger partial charge in [0, 0.05) is 7.05 Å². The topological polar surface area (TPSA) is 67.9 Å². The molecule has 6 nitrogen and oxygen atoms in total. The Hall–Kier alpha value is -2.64. The fraction of sp³-hybridized carbons (Fsp3) is 0.481. The molecule has 1 N–H and O–H groups in total. The molecule has 1 aliphatic carbocycles. The van der Waals surface area contributed by atoms with Crippen LogP contribution in [0.2, 0.25) is 0 Å². The molecule has 0 saturated carbocycles. The van der Waals surface area contributed by atoms with Gasteiger partial charge < -0.3 is 14.6 Å². The van der Waals surface area contributed by atoms with Gasteiger partial charge in [0.05, 0.1) is 11.2 Å². The lowest BCUT2D eigenvalue weighted by molar-refractivity contribution is -0.131. The minimum absolute atomic E-state index is 0.206. The van der Waals surface area contributed by atoms with Gasteiger partial charge in [-0.3, -0.25) is 9.69 Å². The number of rotatable bonds is 1. The lowest BCUT2D eigenvalue weighted by atomic mass is 9.72. The Bertz CT molecular complexity index is 1150. The molecule has 1 atom stereocenters. The van der Waals surface area contributed by atoms with Crippen LogP contribution in [-0.2, 0) is 38.9 Å². The van der Waals surface area contributed by atoms with Gasteiger partial charge in [0.25, 0.3) is 5.91 Å². The van der Waals surface area contributed by atoms with Crippen LogP contribution in [0.15, 0.2) is 42.5 Å². The molecular weight excluding hydrogens is 427 g/mol. The largest absolute Gasteiger partial charge is 0.494 e. The first-order valence-corrected chi connectivity index (χ1v) is 12.2. The predicted octanol–water partition coefficient (Wildman–Crippen LogP) is 3.48. The molecule has 2 aromatic rings. The third kappa shape index (κ3) is 3.57. The van der Waals surface area contributed by atoms with Crippen LogP contribution in [0.5, 0.6) is 0 Å². The Morgan fingerprint density at radius 3 is 2.12 bits per heavy atom. The van der Waals surface area contributed by atoms with Gasteiger partial charge in [-0.2, -0.15) is 0 Å². The zero-order chi connectivity index (χ0) is 24.3. The van der Waals surface area contributed by atoms with Gasteiger partial charge >= 0.3 is 13.1 Å². The highest BCUT2D eigenvalue weighted by atomic mass is 16.7. The summed E-state index contributed by atoms with van der Waals surface area (Å²) >= 11 is 0. The van der Waals surface area contributed by atoms with Crippen molar-refractivity contribution in [2.45, 2.75) is 76.5 Å². The summed E-state index contributed by atoms with van der Waals surface area (Å²) in [5.74, 6) is -0.206. The summed E-state index contributed by atoms with van der Waals surface area (Å²) in [5.41, 5.74) is 3.35. The number of fused-ring (bicyclic) bond motifs is 3. The number of nitrogens with zero attached hydrogens (tertiary/aromatic N) is 1. The molecule has 5 rings (SSSR count). The average Bonchev–Trinajstić information content (AvgIpc) is 3.15. The standard InChI is InChI=1S/C27H33BN2O4/c1-25(2)26(3,4)34-28(33-25)21-14-13-20-12-8-11-18-9-6-7-10-19(18)15-16-27(22(20)17-21)23(31)30(5)24(32)29-27/h6-7,9-10,13-14,17H,8,11-12,15-16H2,1-5H3,(H,29,32). The number of hydrogen-bond acceptors (Lipinski definition) is 4. The molecule has 3 amide bonds. The van der Waals surface area contributed by atoms with E-state index in [1.54, 1.807) is 7.05 Å². The number of urea groups is 1. The quantitative estimate of drug-likeness (QED) is 0.523. The fourth-order valence-electron chi connectivity index (χ4n) is 5.36. The van der Waals surface area contributed by atoms with Crippen LogP contribution in [0.3, 0.4) is 0 Å². The number of likely N-dealkylation sites (N-methyl/N-ethyl adjacent to an activating group) is 1. The van der Waals surface area contributed by atoms with E-state index >= 15 is 0 Å². The Balaban J connectivity index is 1.61. The highest BCUT2D eigenvalue weighted by molar-refractivity contribution is 6.62. The molecule has 2 aromatic carbocycles. The van der Waals surface area contributed by atoms with Crippen LogP contribution in [-0.4, -0.2) is 42.2 Å². The van der Waals surface area contributed by atoms with E-state index in [0.717, 1.165) is 35.9 Å². The fourth-order valence-corrected chi connectivity index (χ4v) is 5.36. The molecule has 178 valence electrons. The van der Waals surface area contributed by atoms with E-state index < -0.39 is 23.9 Å². The van der Waals surface area contributed by atoms with Gasteiger partial charge in [-0.25, -0.2) is 4.79 Å². The number of amides is 3. The molecule has 34 heavy (non-hydrogen) atoms. The average molecular weight is 460 g/mol. The first-order valence-electron chi connectivity index (χ1n) is 12.2. The SMILES string of the molecule is CN1C(=O)NC2(CCc3ccccc3CCCc3ccc(B4OC(C)(C)C(C)(C)O4)cc32)C1=O. The summed E-state index contributed by atoms with van der Waals surface area (Å²) in [7, 11) is 1.02. The number of benzene rings is 2. The van der Waals surface area contributed by atoms with Crippen LogP contribution >= 0.6 is 0 Å². The van der Waals surface area contributed by atoms with Gasteiger partial charge in [-0.15, -0.1) is 0 Å². The van der Waals surface area contributed by atoms with Crippen molar-refractivity contribution >= 4 is 24.5 Å². The van der Waals surface area contributed by atoms with Crippen molar-refractivity contribution < 1.29 is 18.9 Å². The van der Waals surface area contributed by atoms with Crippen LogP contribution in [0.25, 0.3) is 0 Å². The lowest BCUT2D eigenvalue weighted by Gasteiger charge is -2.32. The molecule has 2 fully saturated rings. The van der Waals surface area contributed by atoms with Crippen molar-refractivity contribution in [3.05, 3.63) is 64.7 Å². The molecule has 1 unspecified atom stereocenters. The Morgan fingerprint density at radius 2 is 1.50 bits per heavy atom. The summed E-state index contributed by atoms with van der Waals surface area (Å²) in [6.45, 7) is 8.12. The monoisotopic (exact) mass is 460 g/mol. The van der Waals surface area contributed by atoms with E-state index in [2.05, 4.69) is 29.6 Å². The third-order valence-electron chi connectivity index (χ3n) is 8.19. The van der Waals surface area contributed by atoms with E-state index in [9.17, 15) is 9.59 Å². The zero-order valence-electron chi connectivity index (χ0n) is 20.7. The molecule has 2 aliphatic heterocycles. The Labute approximate surface area is 202 Å². The van der Waals surface area contributed by atoms with E-state index in [-0.39, 0.29) is 11.9 Å². The lowest BCUT2D eigenvalue weighted by Crippen LogP contribution is -2.46. The van der Waals surface area contributed by atoms with Crippen LogP contribution in [0.1, 0.15) is 62.8 Å². The molecule has 7 heteroatoms. The molecule has 0 aromatic heterocycles. The van der Waals surface area contributed by atoms with Crippen LogP contribution in [0.4, 0.5) is 4.79 Å². The first kappa shape index (κ1) is 23.1. The number of nitrogens with one attached hydrogen (secondary N) is 1. The van der Waals surface area contributed by atoms with E-state index in [1.165, 1.54) is 16.0 Å². The van der Waals surface area contributed by atoms with Crippen molar-refractivity contribution in [2.24, 2.45) is 0 Å². The number of aryl methyl sites for hydroxylation is 3. The summed E-state index contributed by atoms with van der Waals surface area (Å²) in [4.78, 5) is 27.6. The van der Waals surface area contributed by atoms with Crippen LogP contribution in [0, 0.1) is 0 Å². The third-order valence-corrected chi connectivity index (χ3v) is 8.19. The first-order chi connectivity index (χ1) is 16.0. The second kappa shape index (κ2) is 7.96. The van der Waals surface area contributed by atoms with Crippen LogP contribution < -0.4 is 10.8 Å². The number of hydrogen-bond donors (Lipinski definition) is 1. The Morgan fingerprint density at radius 1 is 0.882 bits per heavy atom. The number of imide groups is 1. The predicted molar refractivity (Wildman–Crippen MR) is 132 cm³/mol. The van der Waals surface area contributed by atoms with Crippen molar-refractivity contribution in [1.29, 1.82) is 0 Å². The maximum absolute atomic E-state index is 13.6. The molecule has 3 aliphatic rings. The minimum atomic E-state index is -1.11. The van der Waals surface area contributed by atoms with Crippen molar-refractivity contribution in [3.8, 4) is 0 Å². The highest BCUT2D eigenvalue weighted by Crippen LogP contribution is 2.39. The van der Waals surface area contributed by atoms with Gasteiger partial charge in [-0.1, -0.05) is 42.5 Å². The Kier molecular flexibility index (Phi) is 5.41. The van der Waals surface area contributed by atoms with Crippen molar-refractivity contribution in [3.63, 3.8) is 0 Å². The molecule has 2 heterocycles. The summed E-state index contributed by atoms with van der Waals surface area (Å²) in [6, 6.07) is 14.2. The summed E-state index contributed by atoms with van der Waals surface area (Å²) in [5, 5.41) is 3.08. The smallest absolute Gasteiger partial charge is 0.399 e. The normalized spacial score (nSPS) is 25.8. The van der Waals surface area contributed by atoms with Crippen molar-refractivity contribution in [2.75, 3.05) is 7.05 Å². The van der Waals surface area contributed by atoms with E-state index in [1.807, 2.05) is 45.9 Å². The maximum atomic E-state index is 13.6. The number of carbonyl (C=O) groups is 2. The minimum Gasteiger partial charge on any atom is -0.399 e. The molecule has 0 radical (unpaired) electrons. The molecular formula is C27H33BN2O4. The van der Waals surface area contributed by atoms with E-state index in [4.69, 9.17) is 9.31 Å². The second-order valence-electron chi connectivity index (χ2n) is 10.8. The van der Waals surface area contributed by atoms with E-state index in [0.29, 0.717) is 12.8 Å². The second-order valence-corrected chi connectivity index (χ2v) is 10.8. The molecule has 0 bridgehead atoms. The highest BCUT2D eigenvalue weighted by Gasteiger charge is 2.54.